The summed E-state index contributed by atoms with van der Waals surface area (Å²) in [5, 5.41) is 21.2. The van der Waals surface area contributed by atoms with E-state index in [0.29, 0.717) is 13.2 Å². The molecule has 1 atom stereocenters. The average Bonchev–Trinajstić information content (AvgIpc) is 2.15. The van der Waals surface area contributed by atoms with E-state index in [0.717, 1.165) is 0 Å². The molecule has 3 N–H and O–H groups in total. The molecule has 0 aromatic heterocycles. The summed E-state index contributed by atoms with van der Waals surface area (Å²) in [6.07, 6.45) is 0. The summed E-state index contributed by atoms with van der Waals surface area (Å²) in [5.41, 5.74) is -0.442. The van der Waals surface area contributed by atoms with E-state index in [9.17, 15) is 0 Å². The maximum Gasteiger partial charge on any atom is 0.0613 e. The van der Waals surface area contributed by atoms with Crippen LogP contribution in [0.1, 0.15) is 13.8 Å². The number of hydrogen-bond acceptors (Lipinski definition) is 4. The van der Waals surface area contributed by atoms with Gasteiger partial charge in [0.25, 0.3) is 0 Å². The third-order valence-electron chi connectivity index (χ3n) is 2.06. The molecule has 0 saturated carbocycles. The highest BCUT2D eigenvalue weighted by atomic mass is 16.5. The zero-order valence-electron chi connectivity index (χ0n) is 8.71. The lowest BCUT2D eigenvalue weighted by atomic mass is 9.93. The first-order chi connectivity index (χ1) is 6.08. The third kappa shape index (κ3) is 5.21. The highest BCUT2D eigenvalue weighted by molar-refractivity contribution is 4.76. The number of aliphatic hydroxyl groups excluding tert-OH is 2. The number of methoxy groups -OCH3 is 1. The van der Waals surface area contributed by atoms with Gasteiger partial charge in [0.1, 0.15) is 0 Å². The van der Waals surface area contributed by atoms with Crippen LogP contribution in [0.2, 0.25) is 0 Å². The number of nitrogens with one attached hydrogen (secondary N) is 1. The van der Waals surface area contributed by atoms with Crippen LogP contribution in [0.15, 0.2) is 0 Å². The predicted octanol–water partition coefficient (Wildman–Crippen LogP) is -0.398. The van der Waals surface area contributed by atoms with Gasteiger partial charge in [0.2, 0.25) is 0 Å². The first kappa shape index (κ1) is 12.8. The Morgan fingerprint density at radius 2 is 1.92 bits per heavy atom. The largest absolute Gasteiger partial charge is 0.396 e. The standard InChI is InChI=1S/C9H21NO3/c1-8(4-13-3)10-5-9(2,6-11)7-12/h8,10-12H,4-7H2,1-3H3. The Kier molecular flexibility index (Phi) is 6.24. The highest BCUT2D eigenvalue weighted by Gasteiger charge is 2.22. The first-order valence-electron chi connectivity index (χ1n) is 4.52. The van der Waals surface area contributed by atoms with Crippen molar-refractivity contribution in [2.24, 2.45) is 5.41 Å². The molecule has 80 valence electrons. The van der Waals surface area contributed by atoms with E-state index in [1.807, 2.05) is 13.8 Å². The zero-order chi connectivity index (χ0) is 10.3. The molecule has 0 saturated heterocycles. The Labute approximate surface area is 79.9 Å². The third-order valence-corrected chi connectivity index (χ3v) is 2.06. The molecule has 0 aliphatic carbocycles. The maximum absolute atomic E-state index is 9.00. The molecular weight excluding hydrogens is 170 g/mol. The van der Waals surface area contributed by atoms with Crippen LogP contribution >= 0.6 is 0 Å². The summed E-state index contributed by atoms with van der Waals surface area (Å²) in [7, 11) is 1.65. The van der Waals surface area contributed by atoms with Crippen molar-refractivity contribution in [3.63, 3.8) is 0 Å². The van der Waals surface area contributed by atoms with Gasteiger partial charge in [-0.1, -0.05) is 6.92 Å². The monoisotopic (exact) mass is 191 g/mol. The molecule has 4 nitrogen and oxygen atoms in total. The Hall–Kier alpha value is -0.160. The van der Waals surface area contributed by atoms with E-state index in [4.69, 9.17) is 14.9 Å². The predicted molar refractivity (Wildman–Crippen MR) is 51.6 cm³/mol. The minimum absolute atomic E-state index is 0.0177. The quantitative estimate of drug-likeness (QED) is 0.512. The van der Waals surface area contributed by atoms with E-state index >= 15 is 0 Å². The van der Waals surface area contributed by atoms with E-state index in [1.165, 1.54) is 0 Å². The van der Waals surface area contributed by atoms with Gasteiger partial charge in [-0.25, -0.2) is 0 Å². The molecule has 0 bridgehead atoms. The average molecular weight is 191 g/mol. The molecule has 0 amide bonds. The molecule has 0 spiro atoms. The number of rotatable bonds is 7. The molecule has 0 aromatic carbocycles. The fourth-order valence-electron chi connectivity index (χ4n) is 0.891. The van der Waals surface area contributed by atoms with Crippen molar-refractivity contribution >= 4 is 0 Å². The van der Waals surface area contributed by atoms with Gasteiger partial charge in [0.05, 0.1) is 19.8 Å². The van der Waals surface area contributed by atoms with Crippen LogP contribution < -0.4 is 5.32 Å². The lowest BCUT2D eigenvalue weighted by Gasteiger charge is -2.26. The van der Waals surface area contributed by atoms with Crippen LogP contribution in [-0.4, -0.2) is 49.7 Å². The van der Waals surface area contributed by atoms with E-state index in [-0.39, 0.29) is 19.3 Å². The van der Waals surface area contributed by atoms with Gasteiger partial charge in [-0.3, -0.25) is 0 Å². The van der Waals surface area contributed by atoms with Crippen molar-refractivity contribution in [2.45, 2.75) is 19.9 Å². The zero-order valence-corrected chi connectivity index (χ0v) is 8.71. The van der Waals surface area contributed by atoms with E-state index in [2.05, 4.69) is 5.32 Å². The van der Waals surface area contributed by atoms with Gasteiger partial charge in [-0.2, -0.15) is 0 Å². The highest BCUT2D eigenvalue weighted by Crippen LogP contribution is 2.12. The molecule has 1 unspecified atom stereocenters. The van der Waals surface area contributed by atoms with Crippen LogP contribution in [0.4, 0.5) is 0 Å². The minimum Gasteiger partial charge on any atom is -0.396 e. The molecule has 0 rings (SSSR count). The molecule has 0 aromatic rings. The Morgan fingerprint density at radius 3 is 2.31 bits per heavy atom. The maximum atomic E-state index is 9.00. The summed E-state index contributed by atoms with van der Waals surface area (Å²) in [4.78, 5) is 0. The topological polar surface area (TPSA) is 61.7 Å². The van der Waals surface area contributed by atoms with Crippen LogP contribution in [0, 0.1) is 5.41 Å². The Bertz CT molecular complexity index is 126. The van der Waals surface area contributed by atoms with Crippen molar-refractivity contribution in [1.29, 1.82) is 0 Å². The van der Waals surface area contributed by atoms with Crippen LogP contribution in [0.3, 0.4) is 0 Å². The number of hydrogen-bond donors (Lipinski definition) is 3. The molecule has 0 aliphatic rings. The van der Waals surface area contributed by atoms with Crippen LogP contribution in [0.25, 0.3) is 0 Å². The van der Waals surface area contributed by atoms with Crippen molar-refractivity contribution in [2.75, 3.05) is 33.5 Å². The van der Waals surface area contributed by atoms with Gasteiger partial charge < -0.3 is 20.3 Å². The molecule has 13 heavy (non-hydrogen) atoms. The van der Waals surface area contributed by atoms with Crippen LogP contribution in [0.5, 0.6) is 0 Å². The smallest absolute Gasteiger partial charge is 0.0613 e. The lowest BCUT2D eigenvalue weighted by molar-refractivity contribution is 0.0637. The Morgan fingerprint density at radius 1 is 1.38 bits per heavy atom. The molecular formula is C9H21NO3. The molecule has 0 fully saturated rings. The van der Waals surface area contributed by atoms with Crippen molar-refractivity contribution in [1.82, 2.24) is 5.32 Å². The Balaban J connectivity index is 3.71. The van der Waals surface area contributed by atoms with Gasteiger partial charge in [0.15, 0.2) is 0 Å². The van der Waals surface area contributed by atoms with E-state index in [1.54, 1.807) is 7.11 Å². The summed E-state index contributed by atoms with van der Waals surface area (Å²) in [6, 6.07) is 0.238. The number of aliphatic hydroxyl groups is 2. The van der Waals surface area contributed by atoms with Gasteiger partial charge in [-0.15, -0.1) is 0 Å². The second-order valence-electron chi connectivity index (χ2n) is 3.86. The van der Waals surface area contributed by atoms with Gasteiger partial charge in [-0.05, 0) is 6.92 Å². The van der Waals surface area contributed by atoms with E-state index < -0.39 is 5.41 Å². The SMILES string of the molecule is COCC(C)NCC(C)(CO)CO. The molecule has 0 radical (unpaired) electrons. The van der Waals surface area contributed by atoms with Crippen molar-refractivity contribution in [3.8, 4) is 0 Å². The van der Waals surface area contributed by atoms with Gasteiger partial charge in [0, 0.05) is 25.1 Å². The number of ether oxygens (including phenoxy) is 1. The fourth-order valence-corrected chi connectivity index (χ4v) is 0.891. The first-order valence-corrected chi connectivity index (χ1v) is 4.52. The summed E-state index contributed by atoms with van der Waals surface area (Å²) in [6.45, 7) is 5.02. The minimum atomic E-state index is -0.442. The molecule has 0 aliphatic heterocycles. The van der Waals surface area contributed by atoms with Crippen LogP contribution in [-0.2, 0) is 4.74 Å². The summed E-state index contributed by atoms with van der Waals surface area (Å²) in [5.74, 6) is 0. The fraction of sp³-hybridized carbons (Fsp3) is 1.00. The summed E-state index contributed by atoms with van der Waals surface area (Å²) >= 11 is 0. The second-order valence-corrected chi connectivity index (χ2v) is 3.86. The summed E-state index contributed by atoms with van der Waals surface area (Å²) < 4.78 is 4.95. The second kappa shape index (κ2) is 6.32. The van der Waals surface area contributed by atoms with Crippen molar-refractivity contribution in [3.05, 3.63) is 0 Å². The van der Waals surface area contributed by atoms with Gasteiger partial charge >= 0.3 is 0 Å². The lowest BCUT2D eigenvalue weighted by Crippen LogP contribution is -2.42. The molecule has 0 heterocycles. The molecule has 4 heteroatoms. The normalized spacial score (nSPS) is 14.5. The van der Waals surface area contributed by atoms with Crippen molar-refractivity contribution < 1.29 is 14.9 Å².